The lowest BCUT2D eigenvalue weighted by atomic mass is 10.1. The molecule has 0 radical (unpaired) electrons. The number of nitro benzene ring substituents is 1. The van der Waals surface area contributed by atoms with E-state index in [0.29, 0.717) is 12.2 Å². The molecule has 0 fully saturated rings. The Hall–Kier alpha value is -2.48. The van der Waals surface area contributed by atoms with Gasteiger partial charge in [0.1, 0.15) is 12.6 Å². The largest absolute Gasteiger partial charge is 0.480 e. The molecule has 1 aromatic rings. The summed E-state index contributed by atoms with van der Waals surface area (Å²) in [6.07, 6.45) is 0.0329. The van der Waals surface area contributed by atoms with Crippen LogP contribution in [0, 0.1) is 10.1 Å². The van der Waals surface area contributed by atoms with Crippen LogP contribution in [-0.2, 0) is 20.7 Å². The Labute approximate surface area is 120 Å². The van der Waals surface area contributed by atoms with Gasteiger partial charge in [-0.2, -0.15) is 0 Å². The van der Waals surface area contributed by atoms with Crippen molar-refractivity contribution in [1.82, 2.24) is 5.32 Å². The van der Waals surface area contributed by atoms with E-state index in [1.165, 1.54) is 24.3 Å². The fraction of sp³-hybridized carbons (Fsp3) is 0.385. The minimum absolute atomic E-state index is 0.0329. The summed E-state index contributed by atoms with van der Waals surface area (Å²) >= 11 is 0. The van der Waals surface area contributed by atoms with Crippen LogP contribution in [0.2, 0.25) is 0 Å². The normalized spacial score (nSPS) is 11.7. The Balaban J connectivity index is 2.67. The van der Waals surface area contributed by atoms with Crippen molar-refractivity contribution in [2.24, 2.45) is 0 Å². The van der Waals surface area contributed by atoms with Crippen LogP contribution < -0.4 is 5.32 Å². The zero-order valence-corrected chi connectivity index (χ0v) is 11.4. The van der Waals surface area contributed by atoms with E-state index in [-0.39, 0.29) is 18.7 Å². The van der Waals surface area contributed by atoms with Gasteiger partial charge < -0.3 is 15.2 Å². The molecule has 1 aromatic carbocycles. The van der Waals surface area contributed by atoms with Gasteiger partial charge in [-0.3, -0.25) is 14.9 Å². The van der Waals surface area contributed by atoms with Gasteiger partial charge >= 0.3 is 5.97 Å². The molecule has 0 bridgehead atoms. The molecule has 0 saturated carbocycles. The number of carboxylic acids is 1. The lowest BCUT2D eigenvalue weighted by molar-refractivity contribution is -0.384. The number of nitro groups is 1. The van der Waals surface area contributed by atoms with Crippen molar-refractivity contribution in [3.63, 3.8) is 0 Å². The third kappa shape index (κ3) is 5.57. The number of carboxylic acid groups (broad SMARTS) is 1. The van der Waals surface area contributed by atoms with Crippen LogP contribution in [0.5, 0.6) is 0 Å². The molecule has 0 spiro atoms. The highest BCUT2D eigenvalue weighted by Crippen LogP contribution is 2.13. The zero-order chi connectivity index (χ0) is 15.8. The summed E-state index contributed by atoms with van der Waals surface area (Å²) in [5.74, 6) is -1.70. The molecule has 8 heteroatoms. The number of aliphatic carboxylic acids is 1. The second-order valence-corrected chi connectivity index (χ2v) is 4.22. The Kier molecular flexibility index (Phi) is 6.28. The zero-order valence-electron chi connectivity index (χ0n) is 11.4. The van der Waals surface area contributed by atoms with Crippen molar-refractivity contribution in [1.29, 1.82) is 0 Å². The van der Waals surface area contributed by atoms with Crippen molar-refractivity contribution in [2.45, 2.75) is 19.4 Å². The highest BCUT2D eigenvalue weighted by atomic mass is 16.6. The first-order valence-corrected chi connectivity index (χ1v) is 6.27. The van der Waals surface area contributed by atoms with E-state index in [0.717, 1.165) is 0 Å². The number of hydrogen-bond donors (Lipinski definition) is 2. The van der Waals surface area contributed by atoms with Crippen LogP contribution in [-0.4, -0.2) is 41.2 Å². The highest BCUT2D eigenvalue weighted by Gasteiger charge is 2.20. The number of carbonyl (C=O) groups excluding carboxylic acids is 1. The molecular weight excluding hydrogens is 280 g/mol. The maximum atomic E-state index is 11.5. The van der Waals surface area contributed by atoms with Crippen LogP contribution in [0.25, 0.3) is 0 Å². The van der Waals surface area contributed by atoms with Gasteiger partial charge in [0, 0.05) is 25.2 Å². The Morgan fingerprint density at radius 1 is 1.38 bits per heavy atom. The van der Waals surface area contributed by atoms with E-state index in [9.17, 15) is 19.7 Å². The average Bonchev–Trinajstić information content (AvgIpc) is 2.44. The quantitative estimate of drug-likeness (QED) is 0.539. The van der Waals surface area contributed by atoms with E-state index in [4.69, 9.17) is 9.84 Å². The minimum Gasteiger partial charge on any atom is -0.480 e. The first-order chi connectivity index (χ1) is 9.93. The van der Waals surface area contributed by atoms with Crippen LogP contribution in [0.1, 0.15) is 12.5 Å². The number of amides is 1. The summed E-state index contributed by atoms with van der Waals surface area (Å²) in [7, 11) is 0. The smallest absolute Gasteiger partial charge is 0.326 e. The van der Waals surface area contributed by atoms with Gasteiger partial charge in [-0.25, -0.2) is 4.79 Å². The molecule has 114 valence electrons. The molecular formula is C13H16N2O6. The summed E-state index contributed by atoms with van der Waals surface area (Å²) in [4.78, 5) is 32.6. The van der Waals surface area contributed by atoms with Crippen LogP contribution in [0.4, 0.5) is 5.69 Å². The molecule has 2 N–H and O–H groups in total. The predicted molar refractivity (Wildman–Crippen MR) is 72.9 cm³/mol. The van der Waals surface area contributed by atoms with Crippen molar-refractivity contribution in [2.75, 3.05) is 13.2 Å². The van der Waals surface area contributed by atoms with Gasteiger partial charge in [-0.1, -0.05) is 12.1 Å². The molecule has 0 aromatic heterocycles. The SMILES string of the molecule is CCOCC(=O)N[C@@H](Cc1ccc([N+](=O)[O-])cc1)C(=O)O. The molecule has 0 heterocycles. The first kappa shape index (κ1) is 16.6. The molecule has 1 rings (SSSR count). The van der Waals surface area contributed by atoms with E-state index in [1.807, 2.05) is 0 Å². The average molecular weight is 296 g/mol. The van der Waals surface area contributed by atoms with E-state index < -0.39 is 22.8 Å². The van der Waals surface area contributed by atoms with Gasteiger partial charge in [0.25, 0.3) is 5.69 Å². The van der Waals surface area contributed by atoms with Gasteiger partial charge in [0.2, 0.25) is 5.91 Å². The Morgan fingerprint density at radius 3 is 2.48 bits per heavy atom. The summed E-state index contributed by atoms with van der Waals surface area (Å²) in [5.41, 5.74) is 0.496. The topological polar surface area (TPSA) is 119 Å². The van der Waals surface area contributed by atoms with Gasteiger partial charge in [-0.15, -0.1) is 0 Å². The number of hydrogen-bond acceptors (Lipinski definition) is 5. The molecule has 1 amide bonds. The lowest BCUT2D eigenvalue weighted by Crippen LogP contribution is -2.43. The Morgan fingerprint density at radius 2 is 2.00 bits per heavy atom. The molecule has 8 nitrogen and oxygen atoms in total. The Bertz CT molecular complexity index is 514. The van der Waals surface area contributed by atoms with Gasteiger partial charge in [0.05, 0.1) is 4.92 Å². The molecule has 0 unspecified atom stereocenters. The van der Waals surface area contributed by atoms with Crippen LogP contribution in [0.3, 0.4) is 0 Å². The summed E-state index contributed by atoms with van der Waals surface area (Å²) in [6.45, 7) is 1.87. The number of ether oxygens (including phenoxy) is 1. The summed E-state index contributed by atoms with van der Waals surface area (Å²) in [5, 5.41) is 22.0. The van der Waals surface area contributed by atoms with E-state index >= 15 is 0 Å². The number of rotatable bonds is 8. The summed E-state index contributed by atoms with van der Waals surface area (Å²) < 4.78 is 4.89. The van der Waals surface area contributed by atoms with Crippen molar-refractivity contribution in [3.8, 4) is 0 Å². The number of carbonyl (C=O) groups is 2. The number of nitrogens with zero attached hydrogens (tertiary/aromatic N) is 1. The maximum Gasteiger partial charge on any atom is 0.326 e. The second kappa shape index (κ2) is 7.95. The monoisotopic (exact) mass is 296 g/mol. The fourth-order valence-electron chi connectivity index (χ4n) is 1.62. The van der Waals surface area contributed by atoms with E-state index in [2.05, 4.69) is 5.32 Å². The molecule has 0 aliphatic carbocycles. The molecule has 0 saturated heterocycles. The molecule has 0 aliphatic heterocycles. The van der Waals surface area contributed by atoms with Crippen molar-refractivity contribution < 1.29 is 24.4 Å². The number of nitrogens with one attached hydrogen (secondary N) is 1. The number of benzene rings is 1. The van der Waals surface area contributed by atoms with Gasteiger partial charge in [0.15, 0.2) is 0 Å². The standard InChI is InChI=1S/C13H16N2O6/c1-2-21-8-12(16)14-11(13(17)18)7-9-3-5-10(6-4-9)15(19)20/h3-6,11H,2,7-8H2,1H3,(H,14,16)(H,17,18)/t11-/m0/s1. The molecule has 1 atom stereocenters. The third-order valence-corrected chi connectivity index (χ3v) is 2.66. The van der Waals surface area contributed by atoms with E-state index in [1.54, 1.807) is 6.92 Å². The predicted octanol–water partition coefficient (Wildman–Crippen LogP) is 0.743. The van der Waals surface area contributed by atoms with Gasteiger partial charge in [-0.05, 0) is 12.5 Å². The second-order valence-electron chi connectivity index (χ2n) is 4.22. The lowest BCUT2D eigenvalue weighted by Gasteiger charge is -2.14. The fourth-order valence-corrected chi connectivity index (χ4v) is 1.62. The first-order valence-electron chi connectivity index (χ1n) is 6.27. The maximum absolute atomic E-state index is 11.5. The van der Waals surface area contributed by atoms with Crippen LogP contribution >= 0.6 is 0 Å². The number of non-ortho nitro benzene ring substituents is 1. The third-order valence-electron chi connectivity index (χ3n) is 2.66. The molecule has 0 aliphatic rings. The van der Waals surface area contributed by atoms with Crippen molar-refractivity contribution >= 4 is 17.6 Å². The minimum atomic E-state index is -1.18. The van der Waals surface area contributed by atoms with Crippen LogP contribution in [0.15, 0.2) is 24.3 Å². The molecule has 21 heavy (non-hydrogen) atoms. The van der Waals surface area contributed by atoms with Crippen molar-refractivity contribution in [3.05, 3.63) is 39.9 Å². The highest BCUT2D eigenvalue weighted by molar-refractivity contribution is 5.84. The summed E-state index contributed by atoms with van der Waals surface area (Å²) in [6, 6.07) is 4.39.